The smallest absolute Gasteiger partial charge is 0.203 e. The minimum absolute atomic E-state index is 0.129. The van der Waals surface area contributed by atoms with Crippen LogP contribution in [0.25, 0.3) is 17.0 Å². The van der Waals surface area contributed by atoms with Crippen LogP contribution < -0.4 is 5.32 Å². The molecule has 0 aliphatic carbocycles. The van der Waals surface area contributed by atoms with E-state index in [0.717, 1.165) is 11.4 Å². The maximum absolute atomic E-state index is 11.6. The molecule has 1 aliphatic rings. The number of anilines is 1. The van der Waals surface area contributed by atoms with E-state index in [1.165, 1.54) is 0 Å². The molecule has 8 heteroatoms. The molecule has 1 atom stereocenters. The SMILES string of the molecule is O=S1(=O)CCC(Nc2nccn3c(-c4ccccc4)nnc23)C1. The molecule has 0 radical (unpaired) electrons. The van der Waals surface area contributed by atoms with Gasteiger partial charge in [-0.15, -0.1) is 10.2 Å². The van der Waals surface area contributed by atoms with Gasteiger partial charge in [0, 0.05) is 24.0 Å². The van der Waals surface area contributed by atoms with Crippen molar-refractivity contribution in [1.82, 2.24) is 19.6 Å². The second-order valence-electron chi connectivity index (χ2n) is 5.60. The topological polar surface area (TPSA) is 89.2 Å². The van der Waals surface area contributed by atoms with Crippen LogP contribution in [0.3, 0.4) is 0 Å². The lowest BCUT2D eigenvalue weighted by atomic mass is 10.2. The Hall–Kier alpha value is -2.48. The Balaban J connectivity index is 1.71. The Kier molecular flexibility index (Phi) is 3.26. The summed E-state index contributed by atoms with van der Waals surface area (Å²) < 4.78 is 25.0. The average Bonchev–Trinajstić information content (AvgIpc) is 3.12. The monoisotopic (exact) mass is 329 g/mol. The summed E-state index contributed by atoms with van der Waals surface area (Å²) in [7, 11) is -2.94. The third-order valence-corrected chi connectivity index (χ3v) is 5.70. The second kappa shape index (κ2) is 5.31. The Morgan fingerprint density at radius 3 is 2.74 bits per heavy atom. The van der Waals surface area contributed by atoms with Gasteiger partial charge in [-0.2, -0.15) is 0 Å². The van der Waals surface area contributed by atoms with Crippen LogP contribution in [0, 0.1) is 0 Å². The van der Waals surface area contributed by atoms with Crippen molar-refractivity contribution in [2.45, 2.75) is 12.5 Å². The first kappa shape index (κ1) is 14.1. The summed E-state index contributed by atoms with van der Waals surface area (Å²) in [6.45, 7) is 0. The van der Waals surface area contributed by atoms with Crippen molar-refractivity contribution in [3.8, 4) is 11.4 Å². The Bertz CT molecular complexity index is 952. The molecule has 1 aliphatic heterocycles. The van der Waals surface area contributed by atoms with Crippen LogP contribution in [-0.2, 0) is 9.84 Å². The van der Waals surface area contributed by atoms with Gasteiger partial charge in [-0.25, -0.2) is 13.4 Å². The molecule has 118 valence electrons. The first-order valence-electron chi connectivity index (χ1n) is 7.34. The number of nitrogens with one attached hydrogen (secondary N) is 1. The molecule has 1 N–H and O–H groups in total. The molecule has 1 saturated heterocycles. The van der Waals surface area contributed by atoms with E-state index in [0.29, 0.717) is 17.9 Å². The van der Waals surface area contributed by atoms with Gasteiger partial charge in [0.2, 0.25) is 5.65 Å². The van der Waals surface area contributed by atoms with Crippen molar-refractivity contribution in [3.05, 3.63) is 42.7 Å². The van der Waals surface area contributed by atoms with Crippen LogP contribution in [0.4, 0.5) is 5.82 Å². The zero-order valence-electron chi connectivity index (χ0n) is 12.3. The van der Waals surface area contributed by atoms with Gasteiger partial charge < -0.3 is 5.32 Å². The zero-order chi connectivity index (χ0) is 15.9. The van der Waals surface area contributed by atoms with Crippen molar-refractivity contribution in [1.29, 1.82) is 0 Å². The minimum Gasteiger partial charge on any atom is -0.363 e. The molecule has 2 aromatic heterocycles. The van der Waals surface area contributed by atoms with Gasteiger partial charge in [0.05, 0.1) is 11.5 Å². The Labute approximate surface area is 133 Å². The lowest BCUT2D eigenvalue weighted by molar-refractivity contribution is 0.602. The number of rotatable bonds is 3. The molecule has 1 fully saturated rings. The number of hydrogen-bond donors (Lipinski definition) is 1. The first-order valence-corrected chi connectivity index (χ1v) is 9.17. The van der Waals surface area contributed by atoms with Gasteiger partial charge in [-0.3, -0.25) is 4.40 Å². The van der Waals surface area contributed by atoms with Gasteiger partial charge >= 0.3 is 0 Å². The predicted molar refractivity (Wildman–Crippen MR) is 86.9 cm³/mol. The molecular formula is C15H15N5O2S. The summed E-state index contributed by atoms with van der Waals surface area (Å²) in [5.41, 5.74) is 1.55. The summed E-state index contributed by atoms with van der Waals surface area (Å²) in [6, 6.07) is 9.64. The van der Waals surface area contributed by atoms with E-state index in [4.69, 9.17) is 0 Å². The van der Waals surface area contributed by atoms with E-state index < -0.39 is 9.84 Å². The number of nitrogens with zero attached hydrogens (tertiary/aromatic N) is 4. The van der Waals surface area contributed by atoms with Gasteiger partial charge in [0.15, 0.2) is 21.5 Å². The average molecular weight is 329 g/mol. The van der Waals surface area contributed by atoms with E-state index in [-0.39, 0.29) is 17.5 Å². The molecule has 3 aromatic rings. The number of aromatic nitrogens is 4. The molecule has 3 heterocycles. The standard InChI is InChI=1S/C15H15N5O2S/c21-23(22)9-6-12(10-23)17-13-15-19-18-14(20(15)8-7-16-13)11-4-2-1-3-5-11/h1-5,7-8,12H,6,9-10H2,(H,16,17). The van der Waals surface area contributed by atoms with E-state index >= 15 is 0 Å². The van der Waals surface area contributed by atoms with Gasteiger partial charge in [0.25, 0.3) is 0 Å². The zero-order valence-corrected chi connectivity index (χ0v) is 13.1. The molecule has 0 amide bonds. The number of benzene rings is 1. The molecule has 0 saturated carbocycles. The van der Waals surface area contributed by atoms with Crippen LogP contribution in [0.1, 0.15) is 6.42 Å². The Morgan fingerprint density at radius 1 is 1.17 bits per heavy atom. The van der Waals surface area contributed by atoms with Crippen LogP contribution in [0.15, 0.2) is 42.7 Å². The largest absolute Gasteiger partial charge is 0.363 e. The van der Waals surface area contributed by atoms with Crippen LogP contribution in [0.2, 0.25) is 0 Å². The lowest BCUT2D eigenvalue weighted by Gasteiger charge is -2.11. The maximum Gasteiger partial charge on any atom is 0.203 e. The number of hydrogen-bond acceptors (Lipinski definition) is 6. The Morgan fingerprint density at radius 2 is 2.00 bits per heavy atom. The quantitative estimate of drug-likeness (QED) is 0.781. The van der Waals surface area contributed by atoms with E-state index in [2.05, 4.69) is 20.5 Å². The fraction of sp³-hybridized carbons (Fsp3) is 0.267. The summed E-state index contributed by atoms with van der Waals surface area (Å²) in [5.74, 6) is 1.64. The highest BCUT2D eigenvalue weighted by Crippen LogP contribution is 2.22. The lowest BCUT2D eigenvalue weighted by Crippen LogP contribution is -2.21. The third-order valence-electron chi connectivity index (χ3n) is 3.93. The molecule has 0 spiro atoms. The highest BCUT2D eigenvalue weighted by atomic mass is 32.2. The fourth-order valence-electron chi connectivity index (χ4n) is 2.81. The molecule has 23 heavy (non-hydrogen) atoms. The fourth-order valence-corrected chi connectivity index (χ4v) is 4.49. The molecule has 0 bridgehead atoms. The molecule has 7 nitrogen and oxygen atoms in total. The summed E-state index contributed by atoms with van der Waals surface area (Å²) >= 11 is 0. The molecule has 4 rings (SSSR count). The van der Waals surface area contributed by atoms with Crippen molar-refractivity contribution < 1.29 is 8.42 Å². The third kappa shape index (κ3) is 2.65. The van der Waals surface area contributed by atoms with E-state index in [9.17, 15) is 8.42 Å². The van der Waals surface area contributed by atoms with Crippen LogP contribution >= 0.6 is 0 Å². The van der Waals surface area contributed by atoms with Gasteiger partial charge in [-0.1, -0.05) is 30.3 Å². The second-order valence-corrected chi connectivity index (χ2v) is 7.83. The summed E-state index contributed by atoms with van der Waals surface area (Å²) in [6.07, 6.45) is 4.05. The molecular weight excluding hydrogens is 314 g/mol. The summed E-state index contributed by atoms with van der Waals surface area (Å²) in [4.78, 5) is 4.30. The maximum atomic E-state index is 11.6. The van der Waals surface area contributed by atoms with Crippen LogP contribution in [-0.4, -0.2) is 45.5 Å². The van der Waals surface area contributed by atoms with Crippen molar-refractivity contribution in [2.75, 3.05) is 16.8 Å². The highest BCUT2D eigenvalue weighted by Gasteiger charge is 2.28. The normalized spacial score (nSPS) is 19.9. The van der Waals surface area contributed by atoms with Gasteiger partial charge in [0.1, 0.15) is 0 Å². The van der Waals surface area contributed by atoms with Crippen molar-refractivity contribution in [3.63, 3.8) is 0 Å². The summed E-state index contributed by atoms with van der Waals surface area (Å²) in [5, 5.41) is 11.6. The van der Waals surface area contributed by atoms with Gasteiger partial charge in [-0.05, 0) is 6.42 Å². The van der Waals surface area contributed by atoms with Crippen LogP contribution in [0.5, 0.6) is 0 Å². The number of sulfone groups is 1. The van der Waals surface area contributed by atoms with Crippen molar-refractivity contribution in [2.24, 2.45) is 0 Å². The molecule has 1 unspecified atom stereocenters. The van der Waals surface area contributed by atoms with E-state index in [1.807, 2.05) is 34.7 Å². The highest BCUT2D eigenvalue weighted by molar-refractivity contribution is 7.91. The van der Waals surface area contributed by atoms with E-state index in [1.54, 1.807) is 12.4 Å². The van der Waals surface area contributed by atoms with Crippen molar-refractivity contribution >= 4 is 21.3 Å². The first-order chi connectivity index (χ1) is 11.1. The predicted octanol–water partition coefficient (Wildman–Crippen LogP) is 1.39. The number of fused-ring (bicyclic) bond motifs is 1. The molecule has 1 aromatic carbocycles. The minimum atomic E-state index is -2.94.